The molecule has 1 aromatic heterocycles. The van der Waals surface area contributed by atoms with Crippen LogP contribution in [0.1, 0.15) is 31.3 Å². The zero-order valence-corrected chi connectivity index (χ0v) is 10.8. The lowest BCUT2D eigenvalue weighted by Crippen LogP contribution is -2.55. The van der Waals surface area contributed by atoms with Crippen molar-refractivity contribution in [2.24, 2.45) is 7.05 Å². The van der Waals surface area contributed by atoms with Crippen LogP contribution in [0.5, 0.6) is 0 Å². The van der Waals surface area contributed by atoms with E-state index in [0.29, 0.717) is 0 Å². The van der Waals surface area contributed by atoms with E-state index < -0.39 is 17.4 Å². The number of nitrogens with one attached hydrogen (secondary N) is 1. The highest BCUT2D eigenvalue weighted by Gasteiger charge is 2.43. The minimum absolute atomic E-state index is 0.0593. The highest BCUT2D eigenvalue weighted by Crippen LogP contribution is 2.28. The lowest BCUT2D eigenvalue weighted by Gasteiger charge is -2.32. The number of halogens is 3. The second-order valence-corrected chi connectivity index (χ2v) is 4.84. The Morgan fingerprint density at radius 1 is 1.47 bits per heavy atom. The molecule has 0 aliphatic heterocycles. The Morgan fingerprint density at radius 3 is 2.35 bits per heavy atom. The van der Waals surface area contributed by atoms with Gasteiger partial charge in [-0.25, -0.2) is 8.78 Å². The molecule has 0 unspecified atom stereocenters. The van der Waals surface area contributed by atoms with Gasteiger partial charge in [0.2, 0.25) is 0 Å². The lowest BCUT2D eigenvalue weighted by molar-refractivity contribution is -0.0548. The summed E-state index contributed by atoms with van der Waals surface area (Å²) in [4.78, 5) is 11.8. The minimum Gasteiger partial charge on any atom is -0.340 e. The van der Waals surface area contributed by atoms with Crippen LogP contribution in [0, 0.1) is 0 Å². The predicted molar refractivity (Wildman–Crippen MR) is 60.4 cm³/mol. The van der Waals surface area contributed by atoms with Gasteiger partial charge >= 0.3 is 0 Å². The van der Waals surface area contributed by atoms with Gasteiger partial charge in [0.15, 0.2) is 0 Å². The van der Waals surface area contributed by atoms with Crippen molar-refractivity contribution in [3.05, 3.63) is 16.9 Å². The molecular formula is C10H14ClF2N3O. The van der Waals surface area contributed by atoms with E-state index in [0.717, 1.165) is 6.92 Å². The fraction of sp³-hybridized carbons (Fsp3) is 0.600. The van der Waals surface area contributed by atoms with Gasteiger partial charge in [0.05, 0.1) is 16.8 Å². The van der Waals surface area contributed by atoms with E-state index in [-0.39, 0.29) is 10.7 Å². The molecule has 4 nitrogen and oxygen atoms in total. The predicted octanol–water partition coefficient (Wildman–Crippen LogP) is 2.24. The van der Waals surface area contributed by atoms with Crippen LogP contribution in [-0.2, 0) is 7.05 Å². The van der Waals surface area contributed by atoms with Crippen molar-refractivity contribution in [2.45, 2.75) is 32.2 Å². The molecule has 0 atom stereocenters. The molecule has 0 aliphatic rings. The molecule has 0 saturated heterocycles. The molecule has 1 aromatic rings. The quantitative estimate of drug-likeness (QED) is 0.911. The van der Waals surface area contributed by atoms with Crippen LogP contribution >= 0.6 is 11.6 Å². The Bertz CT molecular complexity index is 418. The zero-order chi connectivity index (χ0) is 13.4. The fourth-order valence-corrected chi connectivity index (χ4v) is 1.37. The number of carbonyl (C=O) groups excluding carboxylic acids is 1. The standard InChI is InChI=1S/C10H14ClF2N3O/c1-9(2,10(3,12)13)15-8(17)7-6(11)5-14-16(7)4/h5H,1-4H3,(H,15,17). The first-order valence-electron chi connectivity index (χ1n) is 4.94. The number of rotatable bonds is 3. The molecule has 1 heterocycles. The zero-order valence-electron chi connectivity index (χ0n) is 10.0. The number of nitrogens with zero attached hydrogens (tertiary/aromatic N) is 2. The van der Waals surface area contributed by atoms with Crippen molar-refractivity contribution in [3.63, 3.8) is 0 Å². The van der Waals surface area contributed by atoms with E-state index in [1.165, 1.54) is 31.8 Å². The molecule has 96 valence electrons. The Kier molecular flexibility index (Phi) is 3.47. The van der Waals surface area contributed by atoms with Gasteiger partial charge in [-0.1, -0.05) is 11.6 Å². The van der Waals surface area contributed by atoms with Gasteiger partial charge in [0.25, 0.3) is 11.8 Å². The molecule has 0 radical (unpaired) electrons. The van der Waals surface area contributed by atoms with Crippen LogP contribution in [0.2, 0.25) is 5.02 Å². The van der Waals surface area contributed by atoms with Crippen molar-refractivity contribution in [2.75, 3.05) is 0 Å². The Balaban J connectivity index is 2.95. The topological polar surface area (TPSA) is 46.9 Å². The first-order valence-corrected chi connectivity index (χ1v) is 5.32. The van der Waals surface area contributed by atoms with E-state index in [9.17, 15) is 13.6 Å². The van der Waals surface area contributed by atoms with Crippen molar-refractivity contribution in [1.82, 2.24) is 15.1 Å². The van der Waals surface area contributed by atoms with Crippen LogP contribution in [0.15, 0.2) is 6.20 Å². The molecule has 1 rings (SSSR count). The van der Waals surface area contributed by atoms with Crippen LogP contribution in [0.4, 0.5) is 8.78 Å². The van der Waals surface area contributed by atoms with E-state index in [2.05, 4.69) is 10.4 Å². The number of carbonyl (C=O) groups is 1. The molecule has 0 aliphatic carbocycles. The maximum absolute atomic E-state index is 13.2. The van der Waals surface area contributed by atoms with Crippen LogP contribution in [0.3, 0.4) is 0 Å². The van der Waals surface area contributed by atoms with Gasteiger partial charge in [0.1, 0.15) is 5.69 Å². The van der Waals surface area contributed by atoms with E-state index >= 15 is 0 Å². The van der Waals surface area contributed by atoms with E-state index in [4.69, 9.17) is 11.6 Å². The van der Waals surface area contributed by atoms with Crippen molar-refractivity contribution in [1.29, 1.82) is 0 Å². The maximum atomic E-state index is 13.2. The normalized spacial score (nSPS) is 12.6. The second kappa shape index (κ2) is 4.25. The average molecular weight is 266 g/mol. The molecule has 7 heteroatoms. The van der Waals surface area contributed by atoms with Gasteiger partial charge in [-0.3, -0.25) is 9.48 Å². The summed E-state index contributed by atoms with van der Waals surface area (Å²) in [6.07, 6.45) is 1.29. The third-order valence-electron chi connectivity index (χ3n) is 2.63. The summed E-state index contributed by atoms with van der Waals surface area (Å²) in [5.74, 6) is -3.73. The highest BCUT2D eigenvalue weighted by atomic mass is 35.5. The second-order valence-electron chi connectivity index (χ2n) is 4.43. The number of aryl methyl sites for hydroxylation is 1. The van der Waals surface area contributed by atoms with Crippen molar-refractivity contribution in [3.8, 4) is 0 Å². The Hall–Kier alpha value is -1.17. The van der Waals surface area contributed by atoms with Gasteiger partial charge in [0, 0.05) is 14.0 Å². The molecule has 1 amide bonds. The Morgan fingerprint density at radius 2 is 2.00 bits per heavy atom. The third kappa shape index (κ3) is 2.74. The summed E-state index contributed by atoms with van der Waals surface area (Å²) in [5.41, 5.74) is -1.61. The molecule has 0 spiro atoms. The minimum atomic E-state index is -3.05. The number of alkyl halides is 2. The third-order valence-corrected chi connectivity index (χ3v) is 2.91. The fourth-order valence-electron chi connectivity index (χ4n) is 1.12. The summed E-state index contributed by atoms with van der Waals surface area (Å²) in [6, 6.07) is 0. The largest absolute Gasteiger partial charge is 0.340 e. The number of hydrogen-bond acceptors (Lipinski definition) is 2. The smallest absolute Gasteiger partial charge is 0.271 e. The van der Waals surface area contributed by atoms with Crippen LogP contribution in [0.25, 0.3) is 0 Å². The number of amides is 1. The van der Waals surface area contributed by atoms with Gasteiger partial charge in [-0.15, -0.1) is 0 Å². The summed E-state index contributed by atoms with van der Waals surface area (Å²) < 4.78 is 27.7. The number of aromatic nitrogens is 2. The molecule has 0 aromatic carbocycles. The first kappa shape index (κ1) is 13.9. The molecule has 17 heavy (non-hydrogen) atoms. The summed E-state index contributed by atoms with van der Waals surface area (Å²) in [6.45, 7) is 3.24. The molecule has 0 saturated carbocycles. The summed E-state index contributed by atoms with van der Waals surface area (Å²) in [7, 11) is 1.51. The van der Waals surface area contributed by atoms with Crippen LogP contribution in [-0.4, -0.2) is 27.1 Å². The molecule has 0 bridgehead atoms. The molecular weight excluding hydrogens is 252 g/mol. The maximum Gasteiger partial charge on any atom is 0.271 e. The molecule has 0 fully saturated rings. The highest BCUT2D eigenvalue weighted by molar-refractivity contribution is 6.33. The van der Waals surface area contributed by atoms with Crippen molar-refractivity contribution < 1.29 is 13.6 Å². The summed E-state index contributed by atoms with van der Waals surface area (Å²) >= 11 is 5.75. The monoisotopic (exact) mass is 265 g/mol. The van der Waals surface area contributed by atoms with E-state index in [1.54, 1.807) is 0 Å². The average Bonchev–Trinajstić information content (AvgIpc) is 2.43. The van der Waals surface area contributed by atoms with Gasteiger partial charge in [-0.05, 0) is 13.8 Å². The lowest BCUT2D eigenvalue weighted by atomic mass is 9.97. The van der Waals surface area contributed by atoms with Gasteiger partial charge in [-0.2, -0.15) is 5.10 Å². The van der Waals surface area contributed by atoms with E-state index in [1.807, 2.05) is 0 Å². The van der Waals surface area contributed by atoms with Crippen LogP contribution < -0.4 is 5.32 Å². The first-order chi connectivity index (χ1) is 7.56. The Labute approximate surface area is 103 Å². The van der Waals surface area contributed by atoms with Crippen molar-refractivity contribution >= 4 is 17.5 Å². The molecule has 1 N–H and O–H groups in total. The SMILES string of the molecule is Cn1ncc(Cl)c1C(=O)NC(C)(C)C(C)(F)F. The number of hydrogen-bond donors (Lipinski definition) is 1. The van der Waals surface area contributed by atoms with Gasteiger partial charge < -0.3 is 5.32 Å². The summed E-state index contributed by atoms with van der Waals surface area (Å²) in [5, 5.41) is 6.14.